The third-order valence-corrected chi connectivity index (χ3v) is 6.12. The summed E-state index contributed by atoms with van der Waals surface area (Å²) in [5.41, 5.74) is 1.38. The minimum absolute atomic E-state index is 0.101. The largest absolute Gasteiger partial charge is 0.492 e. The average molecular weight is 425 g/mol. The van der Waals surface area contributed by atoms with Crippen molar-refractivity contribution in [2.24, 2.45) is 0 Å². The van der Waals surface area contributed by atoms with E-state index in [1.54, 1.807) is 0 Å². The van der Waals surface area contributed by atoms with Crippen LogP contribution in [0.2, 0.25) is 0 Å². The molecule has 2 heterocycles. The Labute approximate surface area is 184 Å². The summed E-state index contributed by atoms with van der Waals surface area (Å²) in [5, 5.41) is 0. The predicted octanol–water partition coefficient (Wildman–Crippen LogP) is 3.50. The fourth-order valence-corrected chi connectivity index (χ4v) is 4.35. The summed E-state index contributed by atoms with van der Waals surface area (Å²) in [6, 6.07) is 18.2. The van der Waals surface area contributed by atoms with Crippen LogP contribution in [-0.2, 0) is 20.9 Å². The van der Waals surface area contributed by atoms with Crippen LogP contribution in [0.25, 0.3) is 0 Å². The number of carbonyl (C=O) groups is 1. The molecule has 0 aromatic heterocycles. The molecule has 31 heavy (non-hydrogen) atoms. The SMILES string of the molecule is CCOc1ccccc1N1CCN(C(=O)C2(OCc3ccccc3)CCOCC2)CC1. The van der Waals surface area contributed by atoms with E-state index in [1.165, 1.54) is 0 Å². The molecule has 2 aromatic rings. The number of piperazine rings is 1. The molecule has 2 aliphatic rings. The van der Waals surface area contributed by atoms with Crippen LogP contribution in [0.3, 0.4) is 0 Å². The summed E-state index contributed by atoms with van der Waals surface area (Å²) in [5.74, 6) is 1.00. The molecule has 0 radical (unpaired) electrons. The molecular weight excluding hydrogens is 392 g/mol. The monoisotopic (exact) mass is 424 g/mol. The molecule has 0 N–H and O–H groups in total. The number of ether oxygens (including phenoxy) is 3. The molecule has 2 aromatic carbocycles. The lowest BCUT2D eigenvalue weighted by Gasteiger charge is -2.43. The van der Waals surface area contributed by atoms with E-state index in [0.29, 0.717) is 52.4 Å². The number of rotatable bonds is 7. The molecule has 166 valence electrons. The average Bonchev–Trinajstić information content (AvgIpc) is 2.84. The predicted molar refractivity (Wildman–Crippen MR) is 120 cm³/mol. The molecule has 0 bridgehead atoms. The summed E-state index contributed by atoms with van der Waals surface area (Å²) in [6.07, 6.45) is 1.21. The van der Waals surface area contributed by atoms with Gasteiger partial charge in [0.15, 0.2) is 5.60 Å². The Hall–Kier alpha value is -2.57. The van der Waals surface area contributed by atoms with Crippen LogP contribution in [0.5, 0.6) is 5.75 Å². The van der Waals surface area contributed by atoms with Gasteiger partial charge in [0, 0.05) is 52.2 Å². The number of amides is 1. The highest BCUT2D eigenvalue weighted by Crippen LogP contribution is 2.32. The fourth-order valence-electron chi connectivity index (χ4n) is 4.35. The lowest BCUT2D eigenvalue weighted by Crippen LogP contribution is -2.58. The maximum absolute atomic E-state index is 13.6. The van der Waals surface area contributed by atoms with E-state index >= 15 is 0 Å². The standard InChI is InChI=1S/C25H32N2O4/c1-2-30-23-11-7-6-10-22(23)26-14-16-27(17-15-26)24(28)25(12-18-29-19-13-25)31-20-21-8-4-3-5-9-21/h3-11H,2,12-20H2,1H3. The molecule has 2 saturated heterocycles. The Morgan fingerprint density at radius 1 is 0.968 bits per heavy atom. The van der Waals surface area contributed by atoms with Crippen molar-refractivity contribution in [3.63, 3.8) is 0 Å². The minimum atomic E-state index is -0.792. The molecular formula is C25H32N2O4. The molecule has 2 fully saturated rings. The first kappa shape index (κ1) is 21.7. The highest BCUT2D eigenvalue weighted by molar-refractivity contribution is 5.85. The molecule has 2 aliphatic heterocycles. The zero-order valence-electron chi connectivity index (χ0n) is 18.3. The first-order valence-electron chi connectivity index (χ1n) is 11.2. The number of benzene rings is 2. The summed E-state index contributed by atoms with van der Waals surface area (Å²) < 4.78 is 17.7. The Morgan fingerprint density at radius 3 is 2.35 bits per heavy atom. The van der Waals surface area contributed by atoms with E-state index in [4.69, 9.17) is 14.2 Å². The van der Waals surface area contributed by atoms with Crippen molar-refractivity contribution in [2.75, 3.05) is 50.9 Å². The zero-order chi connectivity index (χ0) is 21.5. The molecule has 0 unspecified atom stereocenters. The maximum atomic E-state index is 13.6. The van der Waals surface area contributed by atoms with Crippen molar-refractivity contribution >= 4 is 11.6 Å². The van der Waals surface area contributed by atoms with Crippen molar-refractivity contribution in [3.05, 3.63) is 60.2 Å². The molecule has 6 nitrogen and oxygen atoms in total. The lowest BCUT2D eigenvalue weighted by molar-refractivity contribution is -0.174. The van der Waals surface area contributed by atoms with Crippen molar-refractivity contribution in [3.8, 4) is 5.75 Å². The van der Waals surface area contributed by atoms with E-state index < -0.39 is 5.60 Å². The summed E-state index contributed by atoms with van der Waals surface area (Å²) >= 11 is 0. The van der Waals surface area contributed by atoms with Crippen molar-refractivity contribution in [1.29, 1.82) is 0 Å². The second-order valence-electron chi connectivity index (χ2n) is 8.06. The number of carbonyl (C=O) groups excluding carboxylic acids is 1. The summed E-state index contributed by atoms with van der Waals surface area (Å²) in [4.78, 5) is 17.9. The van der Waals surface area contributed by atoms with Gasteiger partial charge in [0.2, 0.25) is 0 Å². The van der Waals surface area contributed by atoms with Crippen LogP contribution >= 0.6 is 0 Å². The number of anilines is 1. The van der Waals surface area contributed by atoms with Crippen LogP contribution < -0.4 is 9.64 Å². The number of nitrogens with zero attached hydrogens (tertiary/aromatic N) is 2. The van der Waals surface area contributed by atoms with Gasteiger partial charge in [0.25, 0.3) is 5.91 Å². The first-order valence-corrected chi connectivity index (χ1v) is 11.2. The zero-order valence-corrected chi connectivity index (χ0v) is 18.3. The van der Waals surface area contributed by atoms with E-state index in [9.17, 15) is 4.79 Å². The Bertz CT molecular complexity index is 844. The van der Waals surface area contributed by atoms with Crippen LogP contribution in [0.15, 0.2) is 54.6 Å². The van der Waals surface area contributed by atoms with E-state index in [-0.39, 0.29) is 5.91 Å². The molecule has 4 rings (SSSR count). The lowest BCUT2D eigenvalue weighted by atomic mass is 9.91. The van der Waals surface area contributed by atoms with Gasteiger partial charge in [-0.15, -0.1) is 0 Å². The number of hydrogen-bond acceptors (Lipinski definition) is 5. The van der Waals surface area contributed by atoms with Gasteiger partial charge in [-0.25, -0.2) is 0 Å². The van der Waals surface area contributed by atoms with Crippen LogP contribution in [0, 0.1) is 0 Å². The highest BCUT2D eigenvalue weighted by Gasteiger charge is 2.44. The van der Waals surface area contributed by atoms with E-state index in [0.717, 1.165) is 30.1 Å². The second-order valence-corrected chi connectivity index (χ2v) is 8.06. The smallest absolute Gasteiger partial charge is 0.255 e. The van der Waals surface area contributed by atoms with Gasteiger partial charge in [0.05, 0.1) is 18.9 Å². The molecule has 0 atom stereocenters. The third kappa shape index (κ3) is 5.02. The Kier molecular flexibility index (Phi) is 7.10. The van der Waals surface area contributed by atoms with Crippen LogP contribution in [0.4, 0.5) is 5.69 Å². The summed E-state index contributed by atoms with van der Waals surface area (Å²) in [7, 11) is 0. The van der Waals surface area contributed by atoms with Gasteiger partial charge >= 0.3 is 0 Å². The second kappa shape index (κ2) is 10.2. The minimum Gasteiger partial charge on any atom is -0.492 e. The van der Waals surface area contributed by atoms with Gasteiger partial charge in [0.1, 0.15) is 5.75 Å². The molecule has 0 spiro atoms. The van der Waals surface area contributed by atoms with Gasteiger partial charge < -0.3 is 24.0 Å². The number of para-hydroxylation sites is 2. The maximum Gasteiger partial charge on any atom is 0.255 e. The Morgan fingerprint density at radius 2 is 1.65 bits per heavy atom. The van der Waals surface area contributed by atoms with Crippen LogP contribution in [0.1, 0.15) is 25.3 Å². The van der Waals surface area contributed by atoms with Gasteiger partial charge in [-0.05, 0) is 24.6 Å². The number of hydrogen-bond donors (Lipinski definition) is 0. The van der Waals surface area contributed by atoms with Gasteiger partial charge in [-0.2, -0.15) is 0 Å². The van der Waals surface area contributed by atoms with E-state index in [2.05, 4.69) is 11.0 Å². The first-order chi connectivity index (χ1) is 15.2. The molecule has 1 amide bonds. The van der Waals surface area contributed by atoms with E-state index in [1.807, 2.05) is 60.4 Å². The third-order valence-electron chi connectivity index (χ3n) is 6.12. The molecule has 0 aliphatic carbocycles. The van der Waals surface area contributed by atoms with Crippen molar-refractivity contribution in [2.45, 2.75) is 32.0 Å². The molecule has 0 saturated carbocycles. The normalized spacial score (nSPS) is 18.6. The highest BCUT2D eigenvalue weighted by atomic mass is 16.5. The van der Waals surface area contributed by atoms with Crippen molar-refractivity contribution < 1.29 is 19.0 Å². The van der Waals surface area contributed by atoms with Crippen molar-refractivity contribution in [1.82, 2.24) is 4.90 Å². The fraction of sp³-hybridized carbons (Fsp3) is 0.480. The Balaban J connectivity index is 1.42. The quantitative estimate of drug-likeness (QED) is 0.681. The van der Waals surface area contributed by atoms with Gasteiger partial charge in [-0.1, -0.05) is 42.5 Å². The topological polar surface area (TPSA) is 51.2 Å². The molecule has 6 heteroatoms. The van der Waals surface area contributed by atoms with Gasteiger partial charge in [-0.3, -0.25) is 4.79 Å². The summed E-state index contributed by atoms with van der Waals surface area (Å²) in [6.45, 7) is 7.10. The van der Waals surface area contributed by atoms with Crippen LogP contribution in [-0.4, -0.2) is 62.4 Å².